The molecule has 1 aromatic heterocycles. The highest BCUT2D eigenvalue weighted by Crippen LogP contribution is 2.25. The molecule has 112 valence electrons. The molecule has 1 heterocycles. The molecule has 2 aromatic rings. The van der Waals surface area contributed by atoms with Crippen molar-refractivity contribution in [2.45, 2.75) is 13.8 Å². The summed E-state index contributed by atoms with van der Waals surface area (Å²) < 4.78 is 7.16. The third kappa shape index (κ3) is 3.53. The van der Waals surface area contributed by atoms with Gasteiger partial charge >= 0.3 is 0 Å². The van der Waals surface area contributed by atoms with Crippen molar-refractivity contribution >= 4 is 17.3 Å². The largest absolute Gasteiger partial charge is 0.491 e. The highest BCUT2D eigenvalue weighted by atomic mass is 16.5. The fourth-order valence-corrected chi connectivity index (χ4v) is 1.87. The van der Waals surface area contributed by atoms with E-state index in [-0.39, 0.29) is 5.91 Å². The van der Waals surface area contributed by atoms with Gasteiger partial charge in [0.2, 0.25) is 0 Å². The van der Waals surface area contributed by atoms with Gasteiger partial charge in [-0.05, 0) is 18.1 Å². The Balaban J connectivity index is 2.18. The Labute approximate surface area is 123 Å². The molecule has 0 unspecified atom stereocenters. The molecular formula is C15H20N4O2. The van der Waals surface area contributed by atoms with Gasteiger partial charge in [-0.2, -0.15) is 5.10 Å². The zero-order valence-electron chi connectivity index (χ0n) is 12.5. The first kappa shape index (κ1) is 14.9. The SMILES string of the molecule is CC(C)COc1ccccc1NC(=O)c1c(N)cnn1C. The second-order valence-electron chi connectivity index (χ2n) is 5.23. The summed E-state index contributed by atoms with van der Waals surface area (Å²) in [6.45, 7) is 4.72. The van der Waals surface area contributed by atoms with E-state index in [1.165, 1.54) is 10.9 Å². The molecule has 21 heavy (non-hydrogen) atoms. The van der Waals surface area contributed by atoms with E-state index in [9.17, 15) is 4.79 Å². The van der Waals surface area contributed by atoms with Crippen molar-refractivity contribution in [1.82, 2.24) is 9.78 Å². The summed E-state index contributed by atoms with van der Waals surface area (Å²) in [5, 5.41) is 6.77. The van der Waals surface area contributed by atoms with Gasteiger partial charge in [-0.15, -0.1) is 0 Å². The molecule has 6 heteroatoms. The van der Waals surface area contributed by atoms with Gasteiger partial charge in [-0.25, -0.2) is 0 Å². The van der Waals surface area contributed by atoms with Gasteiger partial charge in [0.25, 0.3) is 5.91 Å². The highest BCUT2D eigenvalue weighted by molar-refractivity contribution is 6.07. The van der Waals surface area contributed by atoms with Crippen LogP contribution in [0.1, 0.15) is 24.3 Å². The van der Waals surface area contributed by atoms with Crippen LogP contribution in [0.2, 0.25) is 0 Å². The van der Waals surface area contributed by atoms with Crippen LogP contribution in [0.25, 0.3) is 0 Å². The summed E-state index contributed by atoms with van der Waals surface area (Å²) >= 11 is 0. The van der Waals surface area contributed by atoms with Gasteiger partial charge in [0.05, 0.1) is 24.2 Å². The molecule has 0 atom stereocenters. The Morgan fingerprint density at radius 2 is 2.14 bits per heavy atom. The number of nitrogen functional groups attached to an aromatic ring is 1. The zero-order valence-corrected chi connectivity index (χ0v) is 12.5. The number of hydrogen-bond acceptors (Lipinski definition) is 4. The van der Waals surface area contributed by atoms with Crippen LogP contribution in [0.3, 0.4) is 0 Å². The van der Waals surface area contributed by atoms with E-state index in [1.807, 2.05) is 18.2 Å². The van der Waals surface area contributed by atoms with Crippen molar-refractivity contribution in [3.63, 3.8) is 0 Å². The van der Waals surface area contributed by atoms with Crippen LogP contribution in [0.4, 0.5) is 11.4 Å². The number of carbonyl (C=O) groups is 1. The molecule has 0 saturated carbocycles. The highest BCUT2D eigenvalue weighted by Gasteiger charge is 2.16. The van der Waals surface area contributed by atoms with Gasteiger partial charge in [0, 0.05) is 7.05 Å². The molecule has 1 amide bonds. The summed E-state index contributed by atoms with van der Waals surface area (Å²) in [5.41, 5.74) is 7.04. The second-order valence-corrected chi connectivity index (χ2v) is 5.23. The van der Waals surface area contributed by atoms with Crippen molar-refractivity contribution in [1.29, 1.82) is 0 Å². The van der Waals surface area contributed by atoms with Crippen LogP contribution in [0.15, 0.2) is 30.5 Å². The lowest BCUT2D eigenvalue weighted by molar-refractivity contribution is 0.101. The molecule has 1 aromatic carbocycles. The Bertz CT molecular complexity index is 615. The maximum absolute atomic E-state index is 12.3. The fraction of sp³-hybridized carbons (Fsp3) is 0.333. The minimum absolute atomic E-state index is 0.312. The Kier molecular flexibility index (Phi) is 4.47. The van der Waals surface area contributed by atoms with E-state index in [0.29, 0.717) is 35.3 Å². The van der Waals surface area contributed by atoms with Gasteiger partial charge in [0.15, 0.2) is 0 Å². The zero-order chi connectivity index (χ0) is 15.4. The number of carbonyl (C=O) groups excluding carboxylic acids is 1. The number of nitrogens with zero attached hydrogens (tertiary/aromatic N) is 2. The number of benzene rings is 1. The number of anilines is 2. The van der Waals surface area contributed by atoms with Gasteiger partial charge < -0.3 is 15.8 Å². The average molecular weight is 288 g/mol. The lowest BCUT2D eigenvalue weighted by Gasteiger charge is -2.14. The molecule has 3 N–H and O–H groups in total. The number of para-hydroxylation sites is 2. The van der Waals surface area contributed by atoms with Crippen molar-refractivity contribution in [3.05, 3.63) is 36.2 Å². The van der Waals surface area contributed by atoms with E-state index in [1.54, 1.807) is 13.1 Å². The summed E-state index contributed by atoms with van der Waals surface area (Å²) in [4.78, 5) is 12.3. The third-order valence-electron chi connectivity index (χ3n) is 2.89. The van der Waals surface area contributed by atoms with E-state index < -0.39 is 0 Å². The number of amides is 1. The predicted octanol–water partition coefficient (Wildman–Crippen LogP) is 2.29. The molecule has 0 aliphatic heterocycles. The van der Waals surface area contributed by atoms with Crippen LogP contribution >= 0.6 is 0 Å². The average Bonchev–Trinajstić information content (AvgIpc) is 2.77. The van der Waals surface area contributed by atoms with Crippen LogP contribution in [0, 0.1) is 5.92 Å². The summed E-state index contributed by atoms with van der Waals surface area (Å²) in [6.07, 6.45) is 1.45. The topological polar surface area (TPSA) is 82.2 Å². The lowest BCUT2D eigenvalue weighted by Crippen LogP contribution is -2.18. The molecule has 0 saturated heterocycles. The number of nitrogens with one attached hydrogen (secondary N) is 1. The molecule has 6 nitrogen and oxygen atoms in total. The maximum Gasteiger partial charge on any atom is 0.276 e. The van der Waals surface area contributed by atoms with Crippen LogP contribution in [-0.2, 0) is 7.05 Å². The fourth-order valence-electron chi connectivity index (χ4n) is 1.87. The first-order chi connectivity index (χ1) is 9.99. The maximum atomic E-state index is 12.3. The monoisotopic (exact) mass is 288 g/mol. The number of hydrogen-bond donors (Lipinski definition) is 2. The van der Waals surface area contributed by atoms with Gasteiger partial charge in [0.1, 0.15) is 11.4 Å². The standard InChI is InChI=1S/C15H20N4O2/c1-10(2)9-21-13-7-5-4-6-12(13)18-15(20)14-11(16)8-17-19(14)3/h4-8,10H,9,16H2,1-3H3,(H,18,20). The molecule has 0 radical (unpaired) electrons. The normalized spacial score (nSPS) is 10.7. The van der Waals surface area contributed by atoms with Gasteiger partial charge in [-0.3, -0.25) is 9.48 Å². The Hall–Kier alpha value is -2.50. The smallest absolute Gasteiger partial charge is 0.276 e. The van der Waals surface area contributed by atoms with Crippen LogP contribution in [-0.4, -0.2) is 22.3 Å². The Morgan fingerprint density at radius 3 is 2.76 bits per heavy atom. The molecule has 0 fully saturated rings. The lowest BCUT2D eigenvalue weighted by atomic mass is 10.2. The second kappa shape index (κ2) is 6.30. The van der Waals surface area contributed by atoms with Crippen LogP contribution < -0.4 is 15.8 Å². The molecule has 0 spiro atoms. The molecular weight excluding hydrogens is 268 g/mol. The number of rotatable bonds is 5. The summed E-state index contributed by atoms with van der Waals surface area (Å²) in [6, 6.07) is 7.32. The predicted molar refractivity (Wildman–Crippen MR) is 82.3 cm³/mol. The number of aromatic nitrogens is 2. The van der Waals surface area contributed by atoms with Gasteiger partial charge in [-0.1, -0.05) is 26.0 Å². The van der Waals surface area contributed by atoms with Crippen molar-refractivity contribution in [3.8, 4) is 5.75 Å². The molecule has 2 rings (SSSR count). The van der Waals surface area contributed by atoms with Crippen molar-refractivity contribution in [2.75, 3.05) is 17.7 Å². The van der Waals surface area contributed by atoms with E-state index in [0.717, 1.165) is 0 Å². The van der Waals surface area contributed by atoms with Crippen LogP contribution in [0.5, 0.6) is 5.75 Å². The van der Waals surface area contributed by atoms with E-state index >= 15 is 0 Å². The molecule has 0 aliphatic rings. The number of nitrogens with two attached hydrogens (primary N) is 1. The first-order valence-corrected chi connectivity index (χ1v) is 6.79. The third-order valence-corrected chi connectivity index (χ3v) is 2.89. The minimum atomic E-state index is -0.312. The van der Waals surface area contributed by atoms with E-state index in [2.05, 4.69) is 24.3 Å². The molecule has 0 aliphatic carbocycles. The van der Waals surface area contributed by atoms with Crippen molar-refractivity contribution < 1.29 is 9.53 Å². The first-order valence-electron chi connectivity index (χ1n) is 6.79. The molecule has 0 bridgehead atoms. The Morgan fingerprint density at radius 1 is 1.43 bits per heavy atom. The minimum Gasteiger partial charge on any atom is -0.491 e. The quantitative estimate of drug-likeness (QED) is 0.884. The summed E-state index contributed by atoms with van der Waals surface area (Å²) in [5.74, 6) is 0.731. The van der Waals surface area contributed by atoms with E-state index in [4.69, 9.17) is 10.5 Å². The van der Waals surface area contributed by atoms with Crippen molar-refractivity contribution in [2.24, 2.45) is 13.0 Å². The summed E-state index contributed by atoms with van der Waals surface area (Å²) in [7, 11) is 1.67. The number of aryl methyl sites for hydroxylation is 1. The number of ether oxygens (including phenoxy) is 1.